The number of rotatable bonds is 1. The minimum atomic E-state index is 0.349. The topological polar surface area (TPSA) is 12.0 Å². The van der Waals surface area contributed by atoms with E-state index in [1.807, 2.05) is 0 Å². The minimum Gasteiger partial charge on any atom is -0.297 e. The third kappa shape index (κ3) is 1.39. The first kappa shape index (κ1) is 8.89. The Morgan fingerprint density at radius 2 is 1.92 bits per heavy atom. The van der Waals surface area contributed by atoms with Crippen LogP contribution >= 0.6 is 11.8 Å². The molecule has 2 aliphatic rings. The van der Waals surface area contributed by atoms with Crippen LogP contribution in [0.3, 0.4) is 0 Å². The maximum absolute atomic E-state index is 3.76. The molecule has 1 N–H and O–H groups in total. The summed E-state index contributed by atoms with van der Waals surface area (Å²) in [6, 6.07) is 0. The Kier molecular flexibility index (Phi) is 1.79. The fourth-order valence-electron chi connectivity index (χ4n) is 2.36. The molecular weight excluding hydrogens is 166 g/mol. The van der Waals surface area contributed by atoms with Crippen molar-refractivity contribution < 1.29 is 0 Å². The molecule has 1 aliphatic carbocycles. The van der Waals surface area contributed by atoms with Crippen molar-refractivity contribution in [2.75, 3.05) is 5.75 Å². The van der Waals surface area contributed by atoms with Crippen LogP contribution in [0.15, 0.2) is 0 Å². The Labute approximate surface area is 79.7 Å². The molecule has 2 heteroatoms. The lowest BCUT2D eigenvalue weighted by atomic mass is 10.1. The Morgan fingerprint density at radius 3 is 2.25 bits per heavy atom. The molecule has 1 saturated heterocycles. The van der Waals surface area contributed by atoms with Gasteiger partial charge in [0.05, 0.1) is 4.87 Å². The third-order valence-corrected chi connectivity index (χ3v) is 5.01. The summed E-state index contributed by atoms with van der Waals surface area (Å²) in [5.74, 6) is 3.13. The van der Waals surface area contributed by atoms with E-state index in [0.29, 0.717) is 10.4 Å². The zero-order chi connectivity index (χ0) is 8.98. The summed E-state index contributed by atoms with van der Waals surface area (Å²) in [7, 11) is 0. The quantitative estimate of drug-likeness (QED) is 0.673. The van der Waals surface area contributed by atoms with Crippen LogP contribution in [-0.2, 0) is 0 Å². The zero-order valence-electron chi connectivity index (χ0n) is 8.48. The standard InChI is InChI=1S/C10H19NS/c1-7-5-8(7)10(4)11-9(2,3)6-12-10/h7-8,11H,5-6H2,1-4H3. The van der Waals surface area contributed by atoms with Crippen LogP contribution < -0.4 is 5.32 Å². The first-order chi connectivity index (χ1) is 5.43. The Balaban J connectivity index is 2.05. The first-order valence-electron chi connectivity index (χ1n) is 4.86. The van der Waals surface area contributed by atoms with E-state index in [-0.39, 0.29) is 0 Å². The van der Waals surface area contributed by atoms with E-state index in [1.54, 1.807) is 0 Å². The molecule has 0 radical (unpaired) electrons. The largest absolute Gasteiger partial charge is 0.297 e. The van der Waals surface area contributed by atoms with Crippen LogP contribution in [0, 0.1) is 11.8 Å². The highest BCUT2D eigenvalue weighted by atomic mass is 32.2. The van der Waals surface area contributed by atoms with Crippen molar-refractivity contribution in [2.45, 2.75) is 44.5 Å². The first-order valence-corrected chi connectivity index (χ1v) is 5.85. The van der Waals surface area contributed by atoms with Crippen LogP contribution in [0.25, 0.3) is 0 Å². The molecule has 0 spiro atoms. The van der Waals surface area contributed by atoms with Gasteiger partial charge in [-0.1, -0.05) is 6.92 Å². The fraction of sp³-hybridized carbons (Fsp3) is 1.00. The summed E-state index contributed by atoms with van der Waals surface area (Å²) in [5, 5.41) is 3.76. The van der Waals surface area contributed by atoms with E-state index in [2.05, 4.69) is 44.8 Å². The molecule has 2 fully saturated rings. The molecule has 0 aromatic carbocycles. The summed E-state index contributed by atoms with van der Waals surface area (Å²) >= 11 is 2.11. The van der Waals surface area contributed by atoms with E-state index in [9.17, 15) is 0 Å². The van der Waals surface area contributed by atoms with E-state index in [1.165, 1.54) is 12.2 Å². The summed E-state index contributed by atoms with van der Waals surface area (Å²) in [4.78, 5) is 0.378. The SMILES string of the molecule is CC1CC1C1(C)NC(C)(C)CS1. The second kappa shape index (κ2) is 2.42. The van der Waals surface area contributed by atoms with Crippen molar-refractivity contribution in [3.8, 4) is 0 Å². The Morgan fingerprint density at radius 1 is 1.33 bits per heavy atom. The monoisotopic (exact) mass is 185 g/mol. The van der Waals surface area contributed by atoms with Crippen LogP contribution in [0.4, 0.5) is 0 Å². The molecule has 3 atom stereocenters. The lowest BCUT2D eigenvalue weighted by molar-refractivity contribution is 0.347. The van der Waals surface area contributed by atoms with E-state index in [4.69, 9.17) is 0 Å². The third-order valence-electron chi connectivity index (χ3n) is 3.14. The molecule has 0 bridgehead atoms. The van der Waals surface area contributed by atoms with Gasteiger partial charge in [-0.25, -0.2) is 0 Å². The van der Waals surface area contributed by atoms with Crippen molar-refractivity contribution in [3.05, 3.63) is 0 Å². The lowest BCUT2D eigenvalue weighted by Gasteiger charge is -2.28. The van der Waals surface area contributed by atoms with Crippen LogP contribution in [-0.4, -0.2) is 16.2 Å². The van der Waals surface area contributed by atoms with E-state index < -0.39 is 0 Å². The number of hydrogen-bond acceptors (Lipinski definition) is 2. The van der Waals surface area contributed by atoms with Crippen molar-refractivity contribution in [1.82, 2.24) is 5.32 Å². The molecular formula is C10H19NS. The van der Waals surface area contributed by atoms with Crippen molar-refractivity contribution in [3.63, 3.8) is 0 Å². The maximum Gasteiger partial charge on any atom is 0.0652 e. The number of nitrogens with one attached hydrogen (secondary N) is 1. The smallest absolute Gasteiger partial charge is 0.0652 e. The zero-order valence-corrected chi connectivity index (χ0v) is 9.29. The molecule has 70 valence electrons. The maximum atomic E-state index is 3.76. The van der Waals surface area contributed by atoms with Gasteiger partial charge in [0, 0.05) is 11.3 Å². The highest BCUT2D eigenvalue weighted by Crippen LogP contribution is 2.54. The van der Waals surface area contributed by atoms with Gasteiger partial charge in [-0.2, -0.15) is 0 Å². The van der Waals surface area contributed by atoms with Gasteiger partial charge in [0.1, 0.15) is 0 Å². The van der Waals surface area contributed by atoms with Gasteiger partial charge in [-0.15, -0.1) is 11.8 Å². The predicted molar refractivity (Wildman–Crippen MR) is 55.3 cm³/mol. The Bertz CT molecular complexity index is 202. The second-order valence-electron chi connectivity index (χ2n) is 5.22. The number of hydrogen-bond donors (Lipinski definition) is 1. The van der Waals surface area contributed by atoms with Crippen LogP contribution in [0.2, 0.25) is 0 Å². The molecule has 0 amide bonds. The van der Waals surface area contributed by atoms with Gasteiger partial charge in [0.25, 0.3) is 0 Å². The van der Waals surface area contributed by atoms with Gasteiger partial charge in [-0.3, -0.25) is 5.32 Å². The lowest BCUT2D eigenvalue weighted by Crippen LogP contribution is -2.46. The Hall–Kier alpha value is 0.310. The van der Waals surface area contributed by atoms with E-state index >= 15 is 0 Å². The molecule has 1 nitrogen and oxygen atoms in total. The molecule has 1 heterocycles. The van der Waals surface area contributed by atoms with Crippen LogP contribution in [0.5, 0.6) is 0 Å². The average Bonchev–Trinajstić information content (AvgIpc) is 2.56. The number of thioether (sulfide) groups is 1. The van der Waals surface area contributed by atoms with Gasteiger partial charge >= 0.3 is 0 Å². The summed E-state index contributed by atoms with van der Waals surface area (Å²) < 4.78 is 0. The second-order valence-corrected chi connectivity index (χ2v) is 6.65. The average molecular weight is 185 g/mol. The van der Waals surface area contributed by atoms with Gasteiger partial charge in [-0.05, 0) is 39.0 Å². The van der Waals surface area contributed by atoms with Crippen molar-refractivity contribution in [1.29, 1.82) is 0 Å². The highest BCUT2D eigenvalue weighted by molar-refractivity contribution is 8.00. The van der Waals surface area contributed by atoms with Crippen molar-refractivity contribution in [2.24, 2.45) is 11.8 Å². The highest BCUT2D eigenvalue weighted by Gasteiger charge is 2.53. The molecule has 1 saturated carbocycles. The normalized spacial score (nSPS) is 51.0. The predicted octanol–water partition coefficient (Wildman–Crippen LogP) is 2.47. The van der Waals surface area contributed by atoms with Gasteiger partial charge in [0.2, 0.25) is 0 Å². The molecule has 2 rings (SSSR count). The molecule has 0 aromatic rings. The molecule has 0 aromatic heterocycles. The summed E-state index contributed by atoms with van der Waals surface area (Å²) in [6.45, 7) is 9.35. The van der Waals surface area contributed by atoms with Gasteiger partial charge < -0.3 is 0 Å². The summed E-state index contributed by atoms with van der Waals surface area (Å²) in [6.07, 6.45) is 1.42. The van der Waals surface area contributed by atoms with Crippen LogP contribution in [0.1, 0.15) is 34.1 Å². The molecule has 3 unspecified atom stereocenters. The molecule has 1 aliphatic heterocycles. The fourth-order valence-corrected chi connectivity index (χ4v) is 3.99. The summed E-state index contributed by atoms with van der Waals surface area (Å²) in [5.41, 5.74) is 0.349. The minimum absolute atomic E-state index is 0.349. The van der Waals surface area contributed by atoms with E-state index in [0.717, 1.165) is 11.8 Å². The molecule has 12 heavy (non-hydrogen) atoms. The van der Waals surface area contributed by atoms with Crippen molar-refractivity contribution >= 4 is 11.8 Å². The van der Waals surface area contributed by atoms with Gasteiger partial charge in [0.15, 0.2) is 0 Å².